The van der Waals surface area contributed by atoms with Gasteiger partial charge in [0.05, 0.1) is 29.1 Å². The Morgan fingerprint density at radius 3 is 2.27 bits per heavy atom. The number of thiocarbonyl (C=S) groups is 1. The quantitative estimate of drug-likeness (QED) is 0.194. The number of allylic oxidation sites excluding steroid dienone is 1. The van der Waals surface area contributed by atoms with Crippen molar-refractivity contribution in [3.05, 3.63) is 88.5 Å². The highest BCUT2D eigenvalue weighted by Crippen LogP contribution is 2.42. The van der Waals surface area contributed by atoms with Gasteiger partial charge in [0.15, 0.2) is 4.75 Å². The number of rotatable bonds is 10. The van der Waals surface area contributed by atoms with Gasteiger partial charge in [-0.05, 0) is 55.0 Å². The zero-order valence-electron chi connectivity index (χ0n) is 22.6. The van der Waals surface area contributed by atoms with E-state index in [4.69, 9.17) is 12.2 Å². The van der Waals surface area contributed by atoms with Crippen LogP contribution >= 0.6 is 12.2 Å². The van der Waals surface area contributed by atoms with Gasteiger partial charge < -0.3 is 9.90 Å². The number of imide groups is 1. The summed E-state index contributed by atoms with van der Waals surface area (Å²) in [6.07, 6.45) is 7.18. The lowest BCUT2D eigenvalue weighted by molar-refractivity contribution is -0.110. The van der Waals surface area contributed by atoms with E-state index in [2.05, 4.69) is 0 Å². The molecule has 11 heteroatoms. The first kappa shape index (κ1) is 29.2. The van der Waals surface area contributed by atoms with E-state index in [1.54, 1.807) is 59.6 Å². The number of carbonyl (C=O) groups excluding carboxylic acids is 3. The van der Waals surface area contributed by atoms with Crippen molar-refractivity contribution in [2.75, 3.05) is 26.2 Å². The van der Waals surface area contributed by atoms with E-state index in [9.17, 15) is 27.9 Å². The van der Waals surface area contributed by atoms with Crippen molar-refractivity contribution in [3.63, 3.8) is 0 Å². The molecule has 41 heavy (non-hydrogen) atoms. The van der Waals surface area contributed by atoms with Crippen LogP contribution in [-0.2, 0) is 14.8 Å². The largest absolute Gasteiger partial charge is 0.394 e. The minimum Gasteiger partial charge on any atom is -0.394 e. The first-order chi connectivity index (χ1) is 19.7. The number of hydrogen-bond acceptors (Lipinski definition) is 8. The molecule has 3 aliphatic rings. The average molecular weight is 594 g/mol. The van der Waals surface area contributed by atoms with Crippen LogP contribution < -0.4 is 0 Å². The second-order valence-electron chi connectivity index (χ2n) is 10.3. The summed E-state index contributed by atoms with van der Waals surface area (Å²) >= 11 is 5.83. The SMILES string of the molecule is CC1CCCN1N(CC=O)S(=O)(=O)C1(CO)C(=S)c2ccccc2C=C1CC=CCN1C(=O)c2ccccc2C1=O. The fraction of sp³-hybridized carbons (Fsp3) is 0.333. The molecular formula is C30H31N3O6S2. The number of aldehydes is 1. The van der Waals surface area contributed by atoms with Crippen LogP contribution in [0, 0.1) is 0 Å². The van der Waals surface area contributed by atoms with E-state index < -0.39 is 39.7 Å². The Balaban J connectivity index is 1.50. The van der Waals surface area contributed by atoms with E-state index >= 15 is 0 Å². The molecule has 0 spiro atoms. The van der Waals surface area contributed by atoms with Crippen molar-refractivity contribution in [1.29, 1.82) is 0 Å². The van der Waals surface area contributed by atoms with Crippen molar-refractivity contribution in [3.8, 4) is 0 Å². The molecule has 2 atom stereocenters. The summed E-state index contributed by atoms with van der Waals surface area (Å²) in [5, 5.41) is 12.6. The Labute approximate surface area is 244 Å². The van der Waals surface area contributed by atoms with Crippen LogP contribution in [0.15, 0.2) is 66.3 Å². The molecule has 1 aliphatic carbocycles. The number of sulfonamides is 1. The number of carbonyl (C=O) groups is 3. The Bertz CT molecular complexity index is 1550. The predicted molar refractivity (Wildman–Crippen MR) is 159 cm³/mol. The minimum absolute atomic E-state index is 0.00208. The molecule has 0 saturated carbocycles. The van der Waals surface area contributed by atoms with Crippen LogP contribution in [0.25, 0.3) is 6.08 Å². The summed E-state index contributed by atoms with van der Waals surface area (Å²) in [5.41, 5.74) is 2.28. The van der Waals surface area contributed by atoms with Gasteiger partial charge in [-0.15, -0.1) is 4.41 Å². The van der Waals surface area contributed by atoms with Gasteiger partial charge in [-0.3, -0.25) is 14.5 Å². The Kier molecular flexibility index (Phi) is 8.18. The lowest BCUT2D eigenvalue weighted by atomic mass is 9.81. The average Bonchev–Trinajstić information content (AvgIpc) is 3.50. The monoisotopic (exact) mass is 593 g/mol. The molecule has 1 fully saturated rings. The van der Waals surface area contributed by atoms with Gasteiger partial charge in [0.25, 0.3) is 11.8 Å². The molecule has 1 saturated heterocycles. The van der Waals surface area contributed by atoms with Gasteiger partial charge in [0.1, 0.15) is 6.29 Å². The van der Waals surface area contributed by atoms with Crippen molar-refractivity contribution in [2.45, 2.75) is 37.0 Å². The lowest BCUT2D eigenvalue weighted by Crippen LogP contribution is -2.62. The summed E-state index contributed by atoms with van der Waals surface area (Å²) in [6, 6.07) is 13.6. The molecule has 2 unspecified atom stereocenters. The maximum atomic E-state index is 14.6. The molecule has 1 N–H and O–H groups in total. The van der Waals surface area contributed by atoms with Crippen LogP contribution in [0.1, 0.15) is 58.0 Å². The lowest BCUT2D eigenvalue weighted by Gasteiger charge is -2.43. The Morgan fingerprint density at radius 1 is 1.05 bits per heavy atom. The van der Waals surface area contributed by atoms with E-state index in [1.807, 2.05) is 19.1 Å². The highest BCUT2D eigenvalue weighted by atomic mass is 32.2. The number of hydrazine groups is 1. The van der Waals surface area contributed by atoms with Gasteiger partial charge in [0, 0.05) is 19.1 Å². The third-order valence-electron chi connectivity index (χ3n) is 8.07. The molecule has 0 aromatic heterocycles. The molecule has 214 valence electrons. The number of fused-ring (bicyclic) bond motifs is 2. The fourth-order valence-electron chi connectivity index (χ4n) is 5.89. The maximum Gasteiger partial charge on any atom is 0.261 e. The molecule has 2 aromatic carbocycles. The van der Waals surface area contributed by atoms with Crippen LogP contribution in [-0.4, -0.2) is 87.8 Å². The highest BCUT2D eigenvalue weighted by molar-refractivity contribution is 7.94. The Hall–Kier alpha value is -3.35. The summed E-state index contributed by atoms with van der Waals surface area (Å²) in [7, 11) is -4.45. The van der Waals surface area contributed by atoms with Crippen molar-refractivity contribution in [1.82, 2.24) is 14.3 Å². The predicted octanol–water partition coefficient (Wildman–Crippen LogP) is 3.01. The van der Waals surface area contributed by atoms with Gasteiger partial charge in [-0.1, -0.05) is 66.8 Å². The third kappa shape index (κ3) is 4.71. The van der Waals surface area contributed by atoms with Crippen LogP contribution in [0.5, 0.6) is 0 Å². The molecule has 2 aliphatic heterocycles. The summed E-state index contributed by atoms with van der Waals surface area (Å²) in [5.74, 6) is -0.780. The molecule has 9 nitrogen and oxygen atoms in total. The number of amides is 2. The topological polar surface area (TPSA) is 115 Å². The second-order valence-corrected chi connectivity index (χ2v) is 12.8. The Morgan fingerprint density at radius 2 is 1.68 bits per heavy atom. The van der Waals surface area contributed by atoms with Gasteiger partial charge in [-0.25, -0.2) is 13.4 Å². The van der Waals surface area contributed by atoms with E-state index in [0.717, 1.165) is 27.7 Å². The standard InChI is InChI=1S/C30H31N3O6S2/c1-21-9-8-16-32(21)33(17-18-34)41(38,39)30(20-35)23(19-22-10-2-3-12-24(22)27(30)40)11-6-7-15-31-28(36)25-13-4-5-14-26(25)29(31)37/h2-7,10,12-14,18-19,21,35H,8-9,11,15-17,20H2,1H3. The molecule has 2 amide bonds. The highest BCUT2D eigenvalue weighted by Gasteiger charge is 2.56. The first-order valence-corrected chi connectivity index (χ1v) is 15.3. The fourth-order valence-corrected chi connectivity index (χ4v) is 8.70. The van der Waals surface area contributed by atoms with E-state index in [0.29, 0.717) is 35.1 Å². The van der Waals surface area contributed by atoms with Gasteiger partial charge in [-0.2, -0.15) is 0 Å². The molecule has 0 bridgehead atoms. The molecule has 5 rings (SSSR count). The normalized spacial score (nSPS) is 22.9. The van der Waals surface area contributed by atoms with Gasteiger partial charge in [0.2, 0.25) is 10.0 Å². The number of aliphatic hydroxyl groups excluding tert-OH is 1. The van der Waals surface area contributed by atoms with Crippen molar-refractivity contribution < 1.29 is 27.9 Å². The van der Waals surface area contributed by atoms with E-state index in [1.165, 1.54) is 0 Å². The maximum absolute atomic E-state index is 14.6. The number of hydrogen-bond donors (Lipinski definition) is 1. The molecular weight excluding hydrogens is 562 g/mol. The van der Waals surface area contributed by atoms with Crippen LogP contribution in [0.2, 0.25) is 0 Å². The number of nitrogens with zero attached hydrogens (tertiary/aromatic N) is 3. The van der Waals surface area contributed by atoms with E-state index in [-0.39, 0.29) is 23.9 Å². The second kappa shape index (κ2) is 11.5. The first-order valence-electron chi connectivity index (χ1n) is 13.5. The molecule has 2 heterocycles. The zero-order chi connectivity index (χ0) is 29.4. The van der Waals surface area contributed by atoms with Crippen LogP contribution in [0.3, 0.4) is 0 Å². The number of aliphatic hydroxyl groups is 1. The van der Waals surface area contributed by atoms with Crippen molar-refractivity contribution in [2.24, 2.45) is 0 Å². The minimum atomic E-state index is -4.45. The summed E-state index contributed by atoms with van der Waals surface area (Å²) < 4.78 is 28.2. The van der Waals surface area contributed by atoms with Crippen LogP contribution in [0.4, 0.5) is 0 Å². The molecule has 0 radical (unpaired) electrons. The summed E-state index contributed by atoms with van der Waals surface area (Å²) in [6.45, 7) is 1.14. The third-order valence-corrected chi connectivity index (χ3v) is 11.2. The van der Waals surface area contributed by atoms with Crippen molar-refractivity contribution >= 4 is 51.3 Å². The number of benzene rings is 2. The summed E-state index contributed by atoms with van der Waals surface area (Å²) in [4.78, 5) is 38.4. The smallest absolute Gasteiger partial charge is 0.261 e. The zero-order valence-corrected chi connectivity index (χ0v) is 24.2. The van der Waals surface area contributed by atoms with Gasteiger partial charge >= 0.3 is 0 Å². The molecule has 2 aromatic rings.